The zero-order valence-electron chi connectivity index (χ0n) is 11.3. The standard InChI is InChI=1S/C15H15ClN2OS/c1-3-20-14-7-5-4-6-13(14)18-15(19)11-9-17-10(2)8-12(11)16/h4-9H,3H2,1-2H3,(H,18,19). The number of benzene rings is 1. The van der Waals surface area contributed by atoms with Gasteiger partial charge in [-0.2, -0.15) is 0 Å². The van der Waals surface area contributed by atoms with Gasteiger partial charge in [-0.1, -0.05) is 30.7 Å². The van der Waals surface area contributed by atoms with Gasteiger partial charge in [-0.3, -0.25) is 9.78 Å². The summed E-state index contributed by atoms with van der Waals surface area (Å²) in [5.74, 6) is 0.700. The molecule has 1 amide bonds. The Morgan fingerprint density at radius 2 is 2.15 bits per heavy atom. The molecule has 0 bridgehead atoms. The number of aryl methyl sites for hydroxylation is 1. The molecule has 2 rings (SSSR count). The molecular formula is C15H15ClN2OS. The topological polar surface area (TPSA) is 42.0 Å². The Kier molecular flexibility index (Phi) is 5.04. The smallest absolute Gasteiger partial charge is 0.258 e. The van der Waals surface area contributed by atoms with Crippen LogP contribution < -0.4 is 5.32 Å². The number of para-hydroxylation sites is 1. The zero-order chi connectivity index (χ0) is 14.5. The second-order valence-corrected chi connectivity index (χ2v) is 5.90. The van der Waals surface area contributed by atoms with Crippen LogP contribution >= 0.6 is 23.4 Å². The van der Waals surface area contributed by atoms with Crippen molar-refractivity contribution in [1.29, 1.82) is 0 Å². The molecule has 1 aromatic carbocycles. The third-order valence-corrected chi connectivity index (χ3v) is 3.94. The molecule has 0 aliphatic heterocycles. The molecule has 0 saturated carbocycles. The van der Waals surface area contributed by atoms with Gasteiger partial charge in [0.2, 0.25) is 0 Å². The number of hydrogen-bond acceptors (Lipinski definition) is 3. The van der Waals surface area contributed by atoms with E-state index in [0.717, 1.165) is 22.0 Å². The van der Waals surface area contributed by atoms with Crippen LogP contribution in [0.3, 0.4) is 0 Å². The van der Waals surface area contributed by atoms with E-state index in [1.54, 1.807) is 17.8 Å². The number of halogens is 1. The van der Waals surface area contributed by atoms with Crippen molar-refractivity contribution in [3.05, 3.63) is 52.8 Å². The minimum absolute atomic E-state index is 0.244. The van der Waals surface area contributed by atoms with Gasteiger partial charge in [0.05, 0.1) is 16.3 Å². The second kappa shape index (κ2) is 6.77. The third kappa shape index (κ3) is 3.52. The Bertz CT molecular complexity index is 631. The van der Waals surface area contributed by atoms with Gasteiger partial charge in [0.1, 0.15) is 0 Å². The van der Waals surface area contributed by atoms with E-state index in [9.17, 15) is 4.79 Å². The highest BCUT2D eigenvalue weighted by Crippen LogP contribution is 2.27. The van der Waals surface area contributed by atoms with E-state index in [1.807, 2.05) is 31.2 Å². The fourth-order valence-electron chi connectivity index (χ4n) is 1.73. The maximum atomic E-state index is 12.3. The largest absolute Gasteiger partial charge is 0.321 e. The normalized spacial score (nSPS) is 10.3. The Morgan fingerprint density at radius 1 is 1.40 bits per heavy atom. The van der Waals surface area contributed by atoms with Crippen molar-refractivity contribution in [3.8, 4) is 0 Å². The van der Waals surface area contributed by atoms with Crippen molar-refractivity contribution in [1.82, 2.24) is 4.98 Å². The van der Waals surface area contributed by atoms with Crippen molar-refractivity contribution in [2.24, 2.45) is 0 Å². The van der Waals surface area contributed by atoms with Crippen LogP contribution in [0, 0.1) is 6.92 Å². The van der Waals surface area contributed by atoms with E-state index >= 15 is 0 Å². The molecule has 0 unspecified atom stereocenters. The van der Waals surface area contributed by atoms with Crippen molar-refractivity contribution in [2.45, 2.75) is 18.7 Å². The summed E-state index contributed by atoms with van der Waals surface area (Å²) >= 11 is 7.77. The molecule has 1 heterocycles. The molecule has 0 atom stereocenters. The number of hydrogen-bond donors (Lipinski definition) is 1. The Morgan fingerprint density at radius 3 is 2.85 bits per heavy atom. The molecule has 5 heteroatoms. The molecule has 3 nitrogen and oxygen atoms in total. The summed E-state index contributed by atoms with van der Waals surface area (Å²) in [5.41, 5.74) is 1.96. The van der Waals surface area contributed by atoms with Crippen molar-refractivity contribution < 1.29 is 4.79 Å². The number of thioether (sulfide) groups is 1. The molecule has 104 valence electrons. The van der Waals surface area contributed by atoms with Gasteiger partial charge in [0, 0.05) is 16.8 Å². The van der Waals surface area contributed by atoms with Gasteiger partial charge in [0.25, 0.3) is 5.91 Å². The third-order valence-electron chi connectivity index (χ3n) is 2.67. The van der Waals surface area contributed by atoms with Crippen LogP contribution in [0.2, 0.25) is 5.02 Å². The number of nitrogens with one attached hydrogen (secondary N) is 1. The van der Waals surface area contributed by atoms with Gasteiger partial charge < -0.3 is 5.32 Å². The lowest BCUT2D eigenvalue weighted by Crippen LogP contribution is -2.13. The summed E-state index contributed by atoms with van der Waals surface area (Å²) in [6.45, 7) is 3.91. The first-order valence-corrected chi connectivity index (χ1v) is 7.63. The molecule has 0 spiro atoms. The van der Waals surface area contributed by atoms with E-state index in [-0.39, 0.29) is 5.91 Å². The second-order valence-electron chi connectivity index (χ2n) is 4.19. The first-order chi connectivity index (χ1) is 9.61. The number of anilines is 1. The summed E-state index contributed by atoms with van der Waals surface area (Å²) in [6, 6.07) is 9.39. The summed E-state index contributed by atoms with van der Waals surface area (Å²) in [5, 5.41) is 3.30. The van der Waals surface area contributed by atoms with Gasteiger partial charge in [-0.05, 0) is 30.9 Å². The quantitative estimate of drug-likeness (QED) is 0.851. The predicted octanol–water partition coefficient (Wildman–Crippen LogP) is 4.41. The average Bonchev–Trinajstić information content (AvgIpc) is 2.41. The van der Waals surface area contributed by atoms with Crippen LogP contribution in [0.15, 0.2) is 41.4 Å². The van der Waals surface area contributed by atoms with Crippen molar-refractivity contribution >= 4 is 35.0 Å². The van der Waals surface area contributed by atoms with Crippen LogP contribution in [0.1, 0.15) is 23.0 Å². The lowest BCUT2D eigenvalue weighted by atomic mass is 10.2. The average molecular weight is 307 g/mol. The minimum Gasteiger partial charge on any atom is -0.321 e. The number of aromatic nitrogens is 1. The van der Waals surface area contributed by atoms with E-state index in [0.29, 0.717) is 10.6 Å². The first kappa shape index (κ1) is 14.9. The summed E-state index contributed by atoms with van der Waals surface area (Å²) in [7, 11) is 0. The molecule has 0 aliphatic rings. The molecule has 2 aromatic rings. The number of nitrogens with zero attached hydrogens (tertiary/aromatic N) is 1. The maximum Gasteiger partial charge on any atom is 0.258 e. The fraction of sp³-hybridized carbons (Fsp3) is 0.200. The molecule has 1 aromatic heterocycles. The van der Waals surface area contributed by atoms with Crippen LogP contribution in [0.5, 0.6) is 0 Å². The van der Waals surface area contributed by atoms with E-state index in [1.165, 1.54) is 6.20 Å². The van der Waals surface area contributed by atoms with Crippen LogP contribution in [-0.2, 0) is 0 Å². The monoisotopic (exact) mass is 306 g/mol. The molecule has 0 aliphatic carbocycles. The number of carbonyl (C=O) groups is 1. The minimum atomic E-state index is -0.244. The van der Waals surface area contributed by atoms with Gasteiger partial charge >= 0.3 is 0 Å². The molecule has 1 N–H and O–H groups in total. The maximum absolute atomic E-state index is 12.3. The summed E-state index contributed by atoms with van der Waals surface area (Å²) in [6.07, 6.45) is 1.50. The molecule has 0 saturated heterocycles. The van der Waals surface area contributed by atoms with Gasteiger partial charge in [-0.25, -0.2) is 0 Å². The Balaban J connectivity index is 2.23. The van der Waals surface area contributed by atoms with Gasteiger partial charge in [0.15, 0.2) is 0 Å². The van der Waals surface area contributed by atoms with Crippen LogP contribution in [0.25, 0.3) is 0 Å². The van der Waals surface area contributed by atoms with E-state index in [2.05, 4.69) is 17.2 Å². The van der Waals surface area contributed by atoms with Crippen molar-refractivity contribution in [3.63, 3.8) is 0 Å². The first-order valence-electron chi connectivity index (χ1n) is 6.27. The Hall–Kier alpha value is -1.52. The van der Waals surface area contributed by atoms with Crippen LogP contribution in [-0.4, -0.2) is 16.6 Å². The summed E-state index contributed by atoms with van der Waals surface area (Å²) < 4.78 is 0. The van der Waals surface area contributed by atoms with E-state index < -0.39 is 0 Å². The predicted molar refractivity (Wildman–Crippen MR) is 84.8 cm³/mol. The van der Waals surface area contributed by atoms with Gasteiger partial charge in [-0.15, -0.1) is 11.8 Å². The Labute approximate surface area is 127 Å². The number of pyridine rings is 1. The SMILES string of the molecule is CCSc1ccccc1NC(=O)c1cnc(C)cc1Cl. The number of amides is 1. The molecule has 0 radical (unpaired) electrons. The lowest BCUT2D eigenvalue weighted by Gasteiger charge is -2.10. The summed E-state index contributed by atoms with van der Waals surface area (Å²) in [4.78, 5) is 17.4. The highest BCUT2D eigenvalue weighted by molar-refractivity contribution is 7.99. The fourth-order valence-corrected chi connectivity index (χ4v) is 2.79. The highest BCUT2D eigenvalue weighted by Gasteiger charge is 2.13. The van der Waals surface area contributed by atoms with Crippen LogP contribution in [0.4, 0.5) is 5.69 Å². The number of rotatable bonds is 4. The van der Waals surface area contributed by atoms with E-state index in [4.69, 9.17) is 11.6 Å². The lowest BCUT2D eigenvalue weighted by molar-refractivity contribution is 0.102. The number of carbonyl (C=O) groups excluding carboxylic acids is 1. The molecule has 0 fully saturated rings. The van der Waals surface area contributed by atoms with Crippen molar-refractivity contribution in [2.75, 3.05) is 11.1 Å². The molecular weight excluding hydrogens is 292 g/mol. The highest BCUT2D eigenvalue weighted by atomic mass is 35.5. The zero-order valence-corrected chi connectivity index (χ0v) is 12.9. The molecule has 20 heavy (non-hydrogen) atoms.